The zero-order valence-corrected chi connectivity index (χ0v) is 13.1. The lowest BCUT2D eigenvalue weighted by Crippen LogP contribution is -2.57. The summed E-state index contributed by atoms with van der Waals surface area (Å²) in [6.45, 7) is 13.0. The number of nitrogens with one attached hydrogen (secondary N) is 2. The van der Waals surface area contributed by atoms with Crippen molar-refractivity contribution in [3.05, 3.63) is 0 Å². The van der Waals surface area contributed by atoms with E-state index in [-0.39, 0.29) is 18.5 Å². The average Bonchev–Trinajstić information content (AvgIpc) is 2.25. The predicted molar refractivity (Wildman–Crippen MR) is 75.9 cm³/mol. The van der Waals surface area contributed by atoms with Crippen LogP contribution in [0.1, 0.15) is 48.5 Å². The molecule has 0 bridgehead atoms. The molecule has 0 saturated heterocycles. The highest BCUT2D eigenvalue weighted by Gasteiger charge is 2.43. The van der Waals surface area contributed by atoms with Crippen LogP contribution >= 0.6 is 0 Å². The van der Waals surface area contributed by atoms with Gasteiger partial charge in [0.05, 0.1) is 12.0 Å². The molecular formula is C14H28N2O3. The number of carbonyl (C=O) groups is 2. The van der Waals surface area contributed by atoms with Crippen LogP contribution in [0, 0.1) is 11.3 Å². The Kier molecular flexibility index (Phi) is 6.00. The molecule has 0 saturated carbocycles. The van der Waals surface area contributed by atoms with E-state index in [4.69, 9.17) is 0 Å². The fourth-order valence-corrected chi connectivity index (χ4v) is 1.26. The fraction of sp³-hybridized carbons (Fsp3) is 0.857. The molecule has 0 radical (unpaired) electrons. The van der Waals surface area contributed by atoms with Gasteiger partial charge in [-0.25, -0.2) is 0 Å². The Labute approximate surface area is 116 Å². The smallest absolute Gasteiger partial charge is 0.310 e. The van der Waals surface area contributed by atoms with Crippen molar-refractivity contribution in [2.75, 3.05) is 6.54 Å². The van der Waals surface area contributed by atoms with Crippen LogP contribution in [-0.2, 0) is 9.59 Å². The number of aliphatic carboxylic acids is 1. The maximum Gasteiger partial charge on any atom is 0.310 e. The summed E-state index contributed by atoms with van der Waals surface area (Å²) in [4.78, 5) is 23.0. The van der Waals surface area contributed by atoms with Gasteiger partial charge in [0.2, 0.25) is 5.91 Å². The van der Waals surface area contributed by atoms with Crippen molar-refractivity contribution in [1.82, 2.24) is 10.6 Å². The molecule has 0 spiro atoms. The molecule has 0 heterocycles. The summed E-state index contributed by atoms with van der Waals surface area (Å²) < 4.78 is 0. The SMILES string of the molecule is CC(C)C(C)NC(=O)CNC(C)(C)C(C)(C)C(=O)O. The summed E-state index contributed by atoms with van der Waals surface area (Å²) in [6, 6.07) is 0.102. The van der Waals surface area contributed by atoms with Gasteiger partial charge in [-0.1, -0.05) is 13.8 Å². The molecule has 112 valence electrons. The molecule has 0 fully saturated rings. The van der Waals surface area contributed by atoms with Crippen molar-refractivity contribution < 1.29 is 14.7 Å². The molecule has 0 aliphatic carbocycles. The van der Waals surface area contributed by atoms with Crippen molar-refractivity contribution in [2.24, 2.45) is 11.3 Å². The number of amides is 1. The number of hydrogen-bond donors (Lipinski definition) is 3. The molecule has 1 amide bonds. The molecular weight excluding hydrogens is 244 g/mol. The van der Waals surface area contributed by atoms with Gasteiger partial charge in [-0.3, -0.25) is 9.59 Å². The lowest BCUT2D eigenvalue weighted by molar-refractivity contribution is -0.151. The van der Waals surface area contributed by atoms with Gasteiger partial charge < -0.3 is 15.7 Å². The molecule has 3 N–H and O–H groups in total. The van der Waals surface area contributed by atoms with Gasteiger partial charge in [0.25, 0.3) is 0 Å². The third-order valence-corrected chi connectivity index (χ3v) is 4.18. The highest BCUT2D eigenvalue weighted by atomic mass is 16.4. The van der Waals surface area contributed by atoms with Gasteiger partial charge in [-0.15, -0.1) is 0 Å². The normalized spacial score (nSPS) is 14.3. The second-order valence-corrected chi connectivity index (χ2v) is 6.51. The lowest BCUT2D eigenvalue weighted by Gasteiger charge is -2.39. The number of carbonyl (C=O) groups excluding carboxylic acids is 1. The van der Waals surface area contributed by atoms with E-state index in [0.29, 0.717) is 5.92 Å². The van der Waals surface area contributed by atoms with Gasteiger partial charge in [0.1, 0.15) is 0 Å². The number of hydrogen-bond acceptors (Lipinski definition) is 3. The summed E-state index contributed by atoms with van der Waals surface area (Å²) >= 11 is 0. The van der Waals surface area contributed by atoms with E-state index in [1.54, 1.807) is 27.7 Å². The minimum Gasteiger partial charge on any atom is -0.481 e. The van der Waals surface area contributed by atoms with Gasteiger partial charge in [-0.2, -0.15) is 0 Å². The largest absolute Gasteiger partial charge is 0.481 e. The van der Waals surface area contributed by atoms with E-state index in [9.17, 15) is 14.7 Å². The fourth-order valence-electron chi connectivity index (χ4n) is 1.26. The first-order valence-electron chi connectivity index (χ1n) is 6.69. The summed E-state index contributed by atoms with van der Waals surface area (Å²) in [5.74, 6) is -0.635. The van der Waals surface area contributed by atoms with Crippen molar-refractivity contribution in [2.45, 2.75) is 60.0 Å². The Hall–Kier alpha value is -1.10. The Morgan fingerprint density at radius 2 is 1.58 bits per heavy atom. The first-order valence-corrected chi connectivity index (χ1v) is 6.69. The highest BCUT2D eigenvalue weighted by Crippen LogP contribution is 2.30. The van der Waals surface area contributed by atoms with E-state index in [1.165, 1.54) is 0 Å². The molecule has 0 aliphatic rings. The first kappa shape index (κ1) is 17.9. The zero-order chi connectivity index (χ0) is 15.4. The molecule has 1 atom stereocenters. The van der Waals surface area contributed by atoms with Crippen molar-refractivity contribution in [3.8, 4) is 0 Å². The summed E-state index contributed by atoms with van der Waals surface area (Å²) in [7, 11) is 0. The number of carboxylic acids is 1. The molecule has 5 heteroatoms. The summed E-state index contributed by atoms with van der Waals surface area (Å²) in [5, 5.41) is 15.1. The van der Waals surface area contributed by atoms with Crippen LogP contribution in [0.4, 0.5) is 0 Å². The van der Waals surface area contributed by atoms with Crippen molar-refractivity contribution in [3.63, 3.8) is 0 Å². The monoisotopic (exact) mass is 272 g/mol. The molecule has 0 rings (SSSR count). The molecule has 19 heavy (non-hydrogen) atoms. The van der Waals surface area contributed by atoms with E-state index in [2.05, 4.69) is 10.6 Å². The molecule has 0 aliphatic heterocycles. The average molecular weight is 272 g/mol. The quantitative estimate of drug-likeness (QED) is 0.658. The van der Waals surface area contributed by atoms with E-state index >= 15 is 0 Å². The first-order chi connectivity index (χ1) is 8.41. The second kappa shape index (κ2) is 6.37. The maximum absolute atomic E-state index is 11.8. The van der Waals surface area contributed by atoms with Crippen LogP contribution in [0.15, 0.2) is 0 Å². The van der Waals surface area contributed by atoms with Crippen molar-refractivity contribution in [1.29, 1.82) is 0 Å². The number of carboxylic acid groups (broad SMARTS) is 1. The minimum absolute atomic E-state index is 0.102. The minimum atomic E-state index is -0.961. The molecule has 1 unspecified atom stereocenters. The number of rotatable bonds is 7. The van der Waals surface area contributed by atoms with Crippen LogP contribution in [0.3, 0.4) is 0 Å². The summed E-state index contributed by atoms with van der Waals surface area (Å²) in [6.07, 6.45) is 0. The van der Waals surface area contributed by atoms with Gasteiger partial charge in [0.15, 0.2) is 0 Å². The Morgan fingerprint density at radius 3 is 1.95 bits per heavy atom. The Bertz CT molecular complexity index is 336. The van der Waals surface area contributed by atoms with Gasteiger partial charge >= 0.3 is 5.97 Å². The van der Waals surface area contributed by atoms with Gasteiger partial charge in [0, 0.05) is 11.6 Å². The zero-order valence-electron chi connectivity index (χ0n) is 13.1. The Morgan fingerprint density at radius 1 is 1.11 bits per heavy atom. The van der Waals surface area contributed by atoms with Crippen LogP contribution in [0.2, 0.25) is 0 Å². The maximum atomic E-state index is 11.8. The van der Waals surface area contributed by atoms with E-state index in [0.717, 1.165) is 0 Å². The molecule has 0 aromatic heterocycles. The van der Waals surface area contributed by atoms with E-state index in [1.807, 2.05) is 20.8 Å². The van der Waals surface area contributed by atoms with E-state index < -0.39 is 16.9 Å². The Balaban J connectivity index is 4.48. The highest BCUT2D eigenvalue weighted by molar-refractivity contribution is 5.79. The van der Waals surface area contributed by atoms with Gasteiger partial charge in [-0.05, 0) is 40.5 Å². The van der Waals surface area contributed by atoms with Crippen LogP contribution < -0.4 is 10.6 Å². The molecule has 0 aromatic carbocycles. The third-order valence-electron chi connectivity index (χ3n) is 4.18. The van der Waals surface area contributed by atoms with Crippen molar-refractivity contribution >= 4 is 11.9 Å². The topological polar surface area (TPSA) is 78.4 Å². The molecule has 0 aromatic rings. The van der Waals surface area contributed by atoms with Crippen LogP contribution in [-0.4, -0.2) is 35.1 Å². The third kappa shape index (κ3) is 4.82. The molecule has 5 nitrogen and oxygen atoms in total. The second-order valence-electron chi connectivity index (χ2n) is 6.51. The van der Waals surface area contributed by atoms with Crippen LogP contribution in [0.25, 0.3) is 0 Å². The lowest BCUT2D eigenvalue weighted by atomic mass is 9.74. The predicted octanol–water partition coefficient (Wildman–Crippen LogP) is 1.63. The standard InChI is InChI=1S/C14H28N2O3/c1-9(2)10(3)16-11(17)8-15-14(6,7)13(4,5)12(18)19/h9-10,15H,8H2,1-7H3,(H,16,17)(H,18,19). The summed E-state index contributed by atoms with van der Waals surface area (Å²) in [5.41, 5.74) is -1.64. The van der Waals surface area contributed by atoms with Crippen LogP contribution in [0.5, 0.6) is 0 Å².